The van der Waals surface area contributed by atoms with E-state index in [0.717, 1.165) is 11.3 Å². The van der Waals surface area contributed by atoms with Crippen molar-refractivity contribution in [3.05, 3.63) is 35.9 Å². The average Bonchev–Trinajstić information content (AvgIpc) is 2.70. The molecule has 0 saturated carbocycles. The van der Waals surface area contributed by atoms with Crippen molar-refractivity contribution in [3.63, 3.8) is 0 Å². The summed E-state index contributed by atoms with van der Waals surface area (Å²) in [7, 11) is 0. The second kappa shape index (κ2) is 6.07. The van der Waals surface area contributed by atoms with Gasteiger partial charge < -0.3 is 9.84 Å². The van der Waals surface area contributed by atoms with E-state index in [1.165, 1.54) is 23.8 Å². The van der Waals surface area contributed by atoms with Crippen molar-refractivity contribution >= 4 is 23.3 Å². The van der Waals surface area contributed by atoms with Crippen LogP contribution in [0.15, 0.2) is 35.2 Å². The molecule has 0 aliphatic carbocycles. The first-order valence-electron chi connectivity index (χ1n) is 6.04. The monoisotopic (exact) mass is 264 g/mol. The third-order valence-corrected chi connectivity index (χ3v) is 3.82. The number of unbranched alkanes of at least 4 members (excludes halogenated alkanes) is 1. The largest absolute Gasteiger partial charge is 0.428 e. The Balaban J connectivity index is 2.04. The van der Waals surface area contributed by atoms with E-state index >= 15 is 0 Å². The molecule has 1 aromatic carbocycles. The second-order valence-corrected chi connectivity index (χ2v) is 5.28. The molecule has 0 fully saturated rings. The fourth-order valence-electron chi connectivity index (χ4n) is 1.71. The number of esters is 1. The molecule has 1 aliphatic heterocycles. The topological polar surface area (TPSA) is 46.5 Å². The summed E-state index contributed by atoms with van der Waals surface area (Å²) in [4.78, 5) is 12.2. The predicted octanol–water partition coefficient (Wildman–Crippen LogP) is 2.84. The Kier molecular flexibility index (Phi) is 4.44. The minimum atomic E-state index is -1.13. The van der Waals surface area contributed by atoms with Gasteiger partial charge in [-0.25, -0.2) is 4.79 Å². The van der Waals surface area contributed by atoms with Gasteiger partial charge in [0.15, 0.2) is 0 Å². The van der Waals surface area contributed by atoms with Gasteiger partial charge in [-0.15, -0.1) is 11.8 Å². The van der Waals surface area contributed by atoms with Crippen molar-refractivity contribution in [2.24, 2.45) is 0 Å². The highest BCUT2D eigenvalue weighted by atomic mass is 32.2. The second-order valence-electron chi connectivity index (χ2n) is 4.12. The molecule has 1 unspecified atom stereocenters. The van der Waals surface area contributed by atoms with E-state index in [0.29, 0.717) is 5.57 Å². The van der Waals surface area contributed by atoms with Crippen LogP contribution in [0.25, 0.3) is 5.57 Å². The molecule has 1 aliphatic rings. The van der Waals surface area contributed by atoms with E-state index in [2.05, 4.69) is 11.7 Å². The van der Waals surface area contributed by atoms with Gasteiger partial charge in [0.05, 0.1) is 0 Å². The highest BCUT2D eigenvalue weighted by Gasteiger charge is 2.24. The summed E-state index contributed by atoms with van der Waals surface area (Å²) in [6.45, 7) is 2.18. The quantitative estimate of drug-likeness (QED) is 0.504. The SMILES string of the molecule is CCCCSc1ccc(C2=CC(=O)OC2O)cc1. The van der Waals surface area contributed by atoms with Gasteiger partial charge in [0.1, 0.15) is 0 Å². The number of carbonyl (C=O) groups excluding carboxylic acids is 1. The van der Waals surface area contributed by atoms with Crippen molar-refractivity contribution in [1.29, 1.82) is 0 Å². The van der Waals surface area contributed by atoms with Gasteiger partial charge in [0.2, 0.25) is 6.29 Å². The van der Waals surface area contributed by atoms with Gasteiger partial charge in [0, 0.05) is 16.5 Å². The fraction of sp³-hybridized carbons (Fsp3) is 0.357. The number of thioether (sulfide) groups is 1. The number of carbonyl (C=O) groups is 1. The molecular weight excluding hydrogens is 248 g/mol. The van der Waals surface area contributed by atoms with Gasteiger partial charge in [-0.3, -0.25) is 0 Å². The van der Waals surface area contributed by atoms with Crippen LogP contribution in [0.4, 0.5) is 0 Å². The Bertz CT molecular complexity index is 451. The summed E-state index contributed by atoms with van der Waals surface area (Å²) in [5.74, 6) is 0.627. The molecule has 0 saturated heterocycles. The van der Waals surface area contributed by atoms with Crippen molar-refractivity contribution in [1.82, 2.24) is 0 Å². The third-order valence-electron chi connectivity index (χ3n) is 2.72. The van der Waals surface area contributed by atoms with Crippen LogP contribution in [0.2, 0.25) is 0 Å². The predicted molar refractivity (Wildman–Crippen MR) is 72.1 cm³/mol. The number of benzene rings is 1. The number of hydrogen-bond acceptors (Lipinski definition) is 4. The molecule has 1 atom stereocenters. The summed E-state index contributed by atoms with van der Waals surface area (Å²) in [5.41, 5.74) is 1.36. The van der Waals surface area contributed by atoms with Crippen molar-refractivity contribution < 1.29 is 14.6 Å². The van der Waals surface area contributed by atoms with Crippen molar-refractivity contribution in [3.8, 4) is 0 Å². The standard InChI is InChI=1S/C14H16O3S/c1-2-3-8-18-11-6-4-10(5-7-11)12-9-13(15)17-14(12)16/h4-7,9,14,16H,2-3,8H2,1H3. The third kappa shape index (κ3) is 3.15. The Morgan fingerprint density at radius 2 is 2.06 bits per heavy atom. The van der Waals surface area contributed by atoms with Crippen LogP contribution in [0.1, 0.15) is 25.3 Å². The number of rotatable bonds is 5. The van der Waals surface area contributed by atoms with Crippen molar-refractivity contribution in [2.75, 3.05) is 5.75 Å². The molecular formula is C14H16O3S. The summed E-state index contributed by atoms with van der Waals surface area (Å²) >= 11 is 1.82. The summed E-state index contributed by atoms with van der Waals surface area (Å²) in [6, 6.07) is 7.83. The molecule has 1 heterocycles. The normalized spacial score (nSPS) is 18.7. The number of cyclic esters (lactones) is 1. The van der Waals surface area contributed by atoms with Gasteiger partial charge in [0.25, 0.3) is 0 Å². The van der Waals surface area contributed by atoms with Crippen LogP contribution < -0.4 is 0 Å². The van der Waals surface area contributed by atoms with Gasteiger partial charge in [-0.1, -0.05) is 25.5 Å². The maximum atomic E-state index is 11.0. The first-order chi connectivity index (χ1) is 8.70. The maximum absolute atomic E-state index is 11.0. The number of aliphatic hydroxyl groups is 1. The van der Waals surface area contributed by atoms with Gasteiger partial charge in [-0.05, 0) is 29.9 Å². The molecule has 96 valence electrons. The highest BCUT2D eigenvalue weighted by Crippen LogP contribution is 2.27. The van der Waals surface area contributed by atoms with E-state index in [1.807, 2.05) is 36.0 Å². The number of ether oxygens (including phenoxy) is 1. The number of aliphatic hydroxyl groups excluding tert-OH is 1. The van der Waals surface area contributed by atoms with Gasteiger partial charge in [-0.2, -0.15) is 0 Å². The molecule has 0 radical (unpaired) electrons. The van der Waals surface area contributed by atoms with Gasteiger partial charge >= 0.3 is 5.97 Å². The Morgan fingerprint density at radius 1 is 1.33 bits per heavy atom. The van der Waals surface area contributed by atoms with Crippen LogP contribution in [-0.4, -0.2) is 23.1 Å². The Labute approximate surface area is 111 Å². The molecule has 0 aromatic heterocycles. The first kappa shape index (κ1) is 13.2. The van der Waals surface area contributed by atoms with Crippen LogP contribution in [0, 0.1) is 0 Å². The molecule has 3 nitrogen and oxygen atoms in total. The summed E-state index contributed by atoms with van der Waals surface area (Å²) in [5, 5.41) is 9.54. The van der Waals surface area contributed by atoms with E-state index in [-0.39, 0.29) is 0 Å². The zero-order valence-corrected chi connectivity index (χ0v) is 11.1. The van der Waals surface area contributed by atoms with Crippen LogP contribution >= 0.6 is 11.8 Å². The lowest BCUT2D eigenvalue weighted by atomic mass is 10.1. The smallest absolute Gasteiger partial charge is 0.333 e. The molecule has 4 heteroatoms. The van der Waals surface area contributed by atoms with Crippen LogP contribution in [0.3, 0.4) is 0 Å². The van der Waals surface area contributed by atoms with Crippen LogP contribution in [0.5, 0.6) is 0 Å². The number of hydrogen-bond donors (Lipinski definition) is 1. The lowest BCUT2D eigenvalue weighted by Gasteiger charge is -2.08. The minimum absolute atomic E-state index is 0.487. The van der Waals surface area contributed by atoms with E-state index in [1.54, 1.807) is 0 Å². The van der Waals surface area contributed by atoms with E-state index < -0.39 is 12.3 Å². The Morgan fingerprint density at radius 3 is 2.61 bits per heavy atom. The van der Waals surface area contributed by atoms with E-state index in [4.69, 9.17) is 0 Å². The first-order valence-corrected chi connectivity index (χ1v) is 7.03. The maximum Gasteiger partial charge on any atom is 0.333 e. The summed E-state index contributed by atoms with van der Waals surface area (Å²) < 4.78 is 4.66. The summed E-state index contributed by atoms with van der Waals surface area (Å²) in [6.07, 6.45) is 2.61. The van der Waals surface area contributed by atoms with E-state index in [9.17, 15) is 9.90 Å². The molecule has 0 bridgehead atoms. The lowest BCUT2D eigenvalue weighted by Crippen LogP contribution is -2.09. The molecule has 2 rings (SSSR count). The average molecular weight is 264 g/mol. The van der Waals surface area contributed by atoms with Crippen LogP contribution in [-0.2, 0) is 9.53 Å². The highest BCUT2D eigenvalue weighted by molar-refractivity contribution is 7.99. The molecule has 18 heavy (non-hydrogen) atoms. The molecule has 0 spiro atoms. The lowest BCUT2D eigenvalue weighted by molar-refractivity contribution is -0.149. The Hall–Kier alpha value is -1.26. The fourth-order valence-corrected chi connectivity index (χ4v) is 2.71. The molecule has 1 N–H and O–H groups in total. The zero-order valence-electron chi connectivity index (χ0n) is 10.3. The minimum Gasteiger partial charge on any atom is -0.428 e. The zero-order chi connectivity index (χ0) is 13.0. The van der Waals surface area contributed by atoms with Crippen molar-refractivity contribution in [2.45, 2.75) is 31.0 Å². The molecule has 0 amide bonds. The molecule has 1 aromatic rings.